The van der Waals surface area contributed by atoms with Gasteiger partial charge < -0.3 is 16.0 Å². The summed E-state index contributed by atoms with van der Waals surface area (Å²) in [6.07, 6.45) is 3.39. The Hall–Kier alpha value is -1.61. The molecule has 1 aliphatic heterocycles. The van der Waals surface area contributed by atoms with Crippen LogP contribution in [-0.2, 0) is 4.79 Å². The van der Waals surface area contributed by atoms with Gasteiger partial charge in [0.25, 0.3) is 5.91 Å². The van der Waals surface area contributed by atoms with E-state index in [9.17, 15) is 9.59 Å². The molecule has 0 aromatic carbocycles. The highest BCUT2D eigenvalue weighted by molar-refractivity contribution is 7.12. The van der Waals surface area contributed by atoms with Crippen LogP contribution in [0.25, 0.3) is 5.13 Å². The van der Waals surface area contributed by atoms with Crippen molar-refractivity contribution in [3.8, 4) is 5.13 Å². The molecule has 1 unspecified atom stereocenters. The maximum absolute atomic E-state index is 13.1. The summed E-state index contributed by atoms with van der Waals surface area (Å²) in [4.78, 5) is 31.5. The number of likely N-dealkylation sites (tertiary alicyclic amines) is 1. The Balaban J connectivity index is 0.00000196. The zero-order valence-corrected chi connectivity index (χ0v) is 18.5. The van der Waals surface area contributed by atoms with E-state index in [1.807, 2.05) is 29.9 Å². The Morgan fingerprint density at radius 3 is 2.75 bits per heavy atom. The van der Waals surface area contributed by atoms with E-state index in [0.29, 0.717) is 31.7 Å². The fourth-order valence-corrected chi connectivity index (χ4v) is 4.24. The Bertz CT molecular complexity index is 794. The average molecular weight is 448 g/mol. The molecule has 1 aliphatic rings. The van der Waals surface area contributed by atoms with E-state index in [1.54, 1.807) is 22.4 Å². The lowest BCUT2D eigenvalue weighted by Gasteiger charge is -2.32. The van der Waals surface area contributed by atoms with Crippen LogP contribution in [0.2, 0.25) is 0 Å². The van der Waals surface area contributed by atoms with Crippen LogP contribution >= 0.6 is 36.2 Å². The van der Waals surface area contributed by atoms with Gasteiger partial charge in [-0.25, -0.2) is 4.98 Å². The number of hydrogen-bond acceptors (Lipinski definition) is 5. The number of thiazole rings is 1. The van der Waals surface area contributed by atoms with Crippen molar-refractivity contribution in [3.05, 3.63) is 34.6 Å². The predicted octanol–water partition coefficient (Wildman–Crippen LogP) is 2.32. The zero-order chi connectivity index (χ0) is 18.7. The zero-order valence-electron chi connectivity index (χ0n) is 16.0. The van der Waals surface area contributed by atoms with Crippen molar-refractivity contribution in [2.45, 2.75) is 26.7 Å². The summed E-state index contributed by atoms with van der Waals surface area (Å²) in [7, 11) is 0. The van der Waals surface area contributed by atoms with E-state index in [-0.39, 0.29) is 42.5 Å². The standard InChI is InChI=1S/C18H25N5O2S.2ClH/c1-12-10-15(13(2)23(12)18-21-7-9-26-18)17(25)22-8-3-4-14(11-22)16(24)20-6-5-19;;/h7,9-10,14H,3-6,8,11,19H2,1-2H3,(H,20,24);2*1H. The Kier molecular flexibility index (Phi) is 9.43. The minimum absolute atomic E-state index is 0. The normalized spacial score (nSPS) is 16.1. The number of nitrogens with one attached hydrogen (secondary N) is 1. The SMILES string of the molecule is Cc1cc(C(=O)N2CCCC(C(=O)NCCN)C2)c(C)n1-c1nccs1.Cl.Cl. The predicted molar refractivity (Wildman–Crippen MR) is 116 cm³/mol. The molecule has 7 nitrogen and oxygen atoms in total. The van der Waals surface area contributed by atoms with Gasteiger partial charge in [0.15, 0.2) is 5.13 Å². The summed E-state index contributed by atoms with van der Waals surface area (Å²) in [5, 5.41) is 5.61. The van der Waals surface area contributed by atoms with Gasteiger partial charge in [-0.15, -0.1) is 36.2 Å². The topological polar surface area (TPSA) is 93.3 Å². The van der Waals surface area contributed by atoms with Crippen LogP contribution in [0.4, 0.5) is 0 Å². The summed E-state index contributed by atoms with van der Waals surface area (Å²) in [5.74, 6) is -0.194. The molecule has 1 fully saturated rings. The molecule has 0 saturated carbocycles. The summed E-state index contributed by atoms with van der Waals surface area (Å²) in [6, 6.07) is 1.91. The van der Waals surface area contributed by atoms with E-state index < -0.39 is 0 Å². The molecule has 3 heterocycles. The molecule has 0 spiro atoms. The number of amides is 2. The van der Waals surface area contributed by atoms with Crippen molar-refractivity contribution in [2.75, 3.05) is 26.2 Å². The monoisotopic (exact) mass is 447 g/mol. The van der Waals surface area contributed by atoms with Crippen LogP contribution in [0.15, 0.2) is 17.6 Å². The third kappa shape index (κ3) is 5.05. The number of aromatic nitrogens is 2. The minimum Gasteiger partial charge on any atom is -0.355 e. The highest BCUT2D eigenvalue weighted by Crippen LogP contribution is 2.25. The smallest absolute Gasteiger partial charge is 0.255 e. The molecule has 0 bridgehead atoms. The minimum atomic E-state index is -0.165. The van der Waals surface area contributed by atoms with E-state index in [1.165, 1.54) is 0 Å². The number of aryl methyl sites for hydroxylation is 1. The van der Waals surface area contributed by atoms with Crippen LogP contribution in [0.3, 0.4) is 0 Å². The van der Waals surface area contributed by atoms with Crippen LogP contribution in [0.5, 0.6) is 0 Å². The van der Waals surface area contributed by atoms with Gasteiger partial charge in [-0.05, 0) is 32.8 Å². The van der Waals surface area contributed by atoms with Crippen LogP contribution in [-0.4, -0.2) is 52.4 Å². The summed E-state index contributed by atoms with van der Waals surface area (Å²) >= 11 is 1.54. The van der Waals surface area contributed by atoms with Gasteiger partial charge in [0, 0.05) is 49.1 Å². The number of hydrogen-bond donors (Lipinski definition) is 2. The van der Waals surface area contributed by atoms with E-state index in [0.717, 1.165) is 29.4 Å². The molecular formula is C18H27Cl2N5O2S. The lowest BCUT2D eigenvalue weighted by Crippen LogP contribution is -2.46. The second-order valence-electron chi connectivity index (χ2n) is 6.60. The number of rotatable bonds is 5. The molecule has 28 heavy (non-hydrogen) atoms. The highest BCUT2D eigenvalue weighted by atomic mass is 35.5. The first-order valence-corrected chi connectivity index (χ1v) is 9.76. The number of carbonyl (C=O) groups is 2. The fourth-order valence-electron chi connectivity index (χ4n) is 3.49. The van der Waals surface area contributed by atoms with Gasteiger partial charge in [0.05, 0.1) is 11.5 Å². The van der Waals surface area contributed by atoms with Gasteiger partial charge in [-0.3, -0.25) is 14.2 Å². The molecule has 2 aromatic heterocycles. The fraction of sp³-hybridized carbons (Fsp3) is 0.500. The van der Waals surface area contributed by atoms with Gasteiger partial charge in [0.1, 0.15) is 0 Å². The molecule has 1 atom stereocenters. The molecular weight excluding hydrogens is 421 g/mol. The molecule has 156 valence electrons. The van der Waals surface area contributed by atoms with Crippen molar-refractivity contribution in [1.29, 1.82) is 0 Å². The number of nitrogens with two attached hydrogens (primary N) is 1. The van der Waals surface area contributed by atoms with Crippen molar-refractivity contribution in [3.63, 3.8) is 0 Å². The third-order valence-corrected chi connectivity index (χ3v) is 5.55. The summed E-state index contributed by atoms with van der Waals surface area (Å²) in [6.45, 7) is 5.94. The molecule has 3 rings (SSSR count). The largest absolute Gasteiger partial charge is 0.355 e. The van der Waals surface area contributed by atoms with Crippen molar-refractivity contribution >= 4 is 48.0 Å². The van der Waals surface area contributed by atoms with Gasteiger partial charge in [-0.1, -0.05) is 0 Å². The first-order chi connectivity index (χ1) is 12.5. The number of halogens is 2. The average Bonchev–Trinajstić information content (AvgIpc) is 3.26. The van der Waals surface area contributed by atoms with E-state index in [4.69, 9.17) is 5.73 Å². The first kappa shape index (κ1) is 24.4. The molecule has 0 radical (unpaired) electrons. The van der Waals surface area contributed by atoms with Crippen molar-refractivity contribution < 1.29 is 9.59 Å². The summed E-state index contributed by atoms with van der Waals surface area (Å²) in [5.41, 5.74) is 7.99. The maximum Gasteiger partial charge on any atom is 0.255 e. The first-order valence-electron chi connectivity index (χ1n) is 8.88. The lowest BCUT2D eigenvalue weighted by molar-refractivity contribution is -0.126. The van der Waals surface area contributed by atoms with Gasteiger partial charge in [0.2, 0.25) is 5.91 Å². The Morgan fingerprint density at radius 1 is 1.36 bits per heavy atom. The summed E-state index contributed by atoms with van der Waals surface area (Å²) < 4.78 is 2.01. The Morgan fingerprint density at radius 2 is 2.11 bits per heavy atom. The van der Waals surface area contributed by atoms with Crippen LogP contribution in [0, 0.1) is 19.8 Å². The van der Waals surface area contributed by atoms with E-state index >= 15 is 0 Å². The molecule has 0 aliphatic carbocycles. The number of carbonyl (C=O) groups excluding carboxylic acids is 2. The van der Waals surface area contributed by atoms with E-state index in [2.05, 4.69) is 10.3 Å². The molecule has 10 heteroatoms. The van der Waals surface area contributed by atoms with Crippen LogP contribution < -0.4 is 11.1 Å². The molecule has 2 amide bonds. The lowest BCUT2D eigenvalue weighted by atomic mass is 9.96. The third-order valence-electron chi connectivity index (χ3n) is 4.80. The maximum atomic E-state index is 13.1. The number of nitrogens with zero attached hydrogens (tertiary/aromatic N) is 3. The molecule has 1 saturated heterocycles. The van der Waals surface area contributed by atoms with Gasteiger partial charge >= 0.3 is 0 Å². The Labute approximate surface area is 181 Å². The quantitative estimate of drug-likeness (QED) is 0.734. The molecule has 3 N–H and O–H groups in total. The van der Waals surface area contributed by atoms with Gasteiger partial charge in [-0.2, -0.15) is 0 Å². The van der Waals surface area contributed by atoms with Crippen LogP contribution in [0.1, 0.15) is 34.6 Å². The second-order valence-corrected chi connectivity index (χ2v) is 7.48. The number of piperidine rings is 1. The highest BCUT2D eigenvalue weighted by Gasteiger charge is 2.30. The van der Waals surface area contributed by atoms with Crippen molar-refractivity contribution in [1.82, 2.24) is 19.8 Å². The van der Waals surface area contributed by atoms with Crippen molar-refractivity contribution in [2.24, 2.45) is 11.7 Å². The second kappa shape index (κ2) is 10.8. The molecule has 2 aromatic rings.